The molecule has 0 amide bonds. The molecule has 0 unspecified atom stereocenters. The molecular weight excluding hydrogens is 274 g/mol. The Kier molecular flexibility index (Phi) is 3.97. The predicted octanol–water partition coefficient (Wildman–Crippen LogP) is 3.50. The summed E-state index contributed by atoms with van der Waals surface area (Å²) in [5.74, 6) is 1.10. The number of aryl methyl sites for hydroxylation is 1. The molecule has 2 aromatic rings. The van der Waals surface area contributed by atoms with Crippen molar-refractivity contribution >= 4 is 5.78 Å². The van der Waals surface area contributed by atoms with E-state index in [-0.39, 0.29) is 11.2 Å². The van der Waals surface area contributed by atoms with Crippen molar-refractivity contribution in [2.24, 2.45) is 0 Å². The lowest BCUT2D eigenvalue weighted by Gasteiger charge is -2.15. The van der Waals surface area contributed by atoms with Crippen LogP contribution in [0.15, 0.2) is 42.6 Å². The Hall–Kier alpha value is -2.16. The number of pyridine rings is 1. The van der Waals surface area contributed by atoms with E-state index in [9.17, 15) is 4.79 Å². The molecule has 1 saturated carbocycles. The first-order valence-corrected chi connectivity index (χ1v) is 7.79. The highest BCUT2D eigenvalue weighted by molar-refractivity contribution is 5.94. The molecule has 3 rings (SSSR count). The summed E-state index contributed by atoms with van der Waals surface area (Å²) in [6, 6.07) is 11.9. The summed E-state index contributed by atoms with van der Waals surface area (Å²) in [6.45, 7) is 2.11. The number of benzene rings is 1. The van der Waals surface area contributed by atoms with Crippen LogP contribution in [0.5, 0.6) is 5.75 Å². The molecule has 1 fully saturated rings. The number of Topliss-reactive ketones (excluding diaryl/α,β-unsaturated/α-hetero) is 1. The highest BCUT2D eigenvalue weighted by atomic mass is 16.5. The maximum absolute atomic E-state index is 12.8. The average Bonchev–Trinajstić information content (AvgIpc) is 3.37. The lowest BCUT2D eigenvalue weighted by Crippen LogP contribution is -2.23. The van der Waals surface area contributed by atoms with Gasteiger partial charge in [0, 0.05) is 18.3 Å². The van der Waals surface area contributed by atoms with Crippen molar-refractivity contribution < 1.29 is 9.53 Å². The first-order chi connectivity index (χ1) is 10.7. The Bertz CT molecular complexity index is 672. The maximum atomic E-state index is 12.8. The Balaban J connectivity index is 1.78. The Morgan fingerprint density at radius 3 is 2.55 bits per heavy atom. The van der Waals surface area contributed by atoms with Crippen molar-refractivity contribution in [2.75, 3.05) is 7.11 Å². The first kappa shape index (κ1) is 14.8. The minimum Gasteiger partial charge on any atom is -0.497 e. The number of hydrogen-bond donors (Lipinski definition) is 0. The molecule has 1 aliphatic rings. The van der Waals surface area contributed by atoms with E-state index in [1.54, 1.807) is 13.3 Å². The molecule has 0 radical (unpaired) electrons. The van der Waals surface area contributed by atoms with Gasteiger partial charge in [-0.05, 0) is 54.7 Å². The largest absolute Gasteiger partial charge is 0.497 e. The molecule has 1 aromatic heterocycles. The maximum Gasteiger partial charge on any atom is 0.149 e. The number of carbonyl (C=O) groups excluding carboxylic acids is 1. The molecule has 0 aliphatic heterocycles. The molecule has 0 bridgehead atoms. The smallest absolute Gasteiger partial charge is 0.149 e. The summed E-state index contributed by atoms with van der Waals surface area (Å²) in [5.41, 5.74) is 2.91. The lowest BCUT2D eigenvalue weighted by molar-refractivity contribution is -0.120. The molecule has 114 valence electrons. The zero-order valence-electron chi connectivity index (χ0n) is 13.1. The van der Waals surface area contributed by atoms with E-state index in [0.29, 0.717) is 6.42 Å². The molecule has 3 nitrogen and oxygen atoms in total. The van der Waals surface area contributed by atoms with Gasteiger partial charge in [0.05, 0.1) is 12.5 Å². The van der Waals surface area contributed by atoms with E-state index < -0.39 is 0 Å². The van der Waals surface area contributed by atoms with Crippen molar-refractivity contribution in [3.8, 4) is 5.75 Å². The van der Waals surface area contributed by atoms with Crippen LogP contribution >= 0.6 is 0 Å². The van der Waals surface area contributed by atoms with E-state index in [1.807, 2.05) is 36.4 Å². The second-order valence-corrected chi connectivity index (χ2v) is 5.92. The number of rotatable bonds is 6. The summed E-state index contributed by atoms with van der Waals surface area (Å²) in [5, 5.41) is 0. The van der Waals surface area contributed by atoms with Gasteiger partial charge in [-0.25, -0.2) is 0 Å². The van der Waals surface area contributed by atoms with Crippen LogP contribution in [0.25, 0.3) is 0 Å². The Morgan fingerprint density at radius 1 is 1.23 bits per heavy atom. The monoisotopic (exact) mass is 295 g/mol. The summed E-state index contributed by atoms with van der Waals surface area (Å²) in [6.07, 6.45) is 5.05. The van der Waals surface area contributed by atoms with Gasteiger partial charge in [-0.15, -0.1) is 0 Å². The normalized spacial score (nSPS) is 15.4. The quantitative estimate of drug-likeness (QED) is 0.819. The van der Waals surface area contributed by atoms with Crippen molar-refractivity contribution in [2.45, 2.75) is 38.0 Å². The highest BCUT2D eigenvalue weighted by Gasteiger charge is 2.50. The van der Waals surface area contributed by atoms with Crippen LogP contribution < -0.4 is 4.74 Å². The van der Waals surface area contributed by atoms with Crippen molar-refractivity contribution in [1.29, 1.82) is 0 Å². The zero-order chi connectivity index (χ0) is 15.6. The number of carbonyl (C=O) groups is 1. The molecular formula is C19H21NO2. The second-order valence-electron chi connectivity index (χ2n) is 5.92. The van der Waals surface area contributed by atoms with Gasteiger partial charge in [0.15, 0.2) is 0 Å². The van der Waals surface area contributed by atoms with E-state index >= 15 is 0 Å². The molecule has 3 heteroatoms. The predicted molar refractivity (Wildman–Crippen MR) is 86.2 cm³/mol. The summed E-state index contributed by atoms with van der Waals surface area (Å²) >= 11 is 0. The third kappa shape index (κ3) is 2.76. The number of methoxy groups -OCH3 is 1. The third-order valence-electron chi connectivity index (χ3n) is 4.56. The minimum atomic E-state index is -0.295. The van der Waals surface area contributed by atoms with E-state index in [2.05, 4.69) is 11.9 Å². The molecule has 0 atom stereocenters. The lowest BCUT2D eigenvalue weighted by atomic mass is 9.88. The van der Waals surface area contributed by atoms with Crippen molar-refractivity contribution in [1.82, 2.24) is 4.98 Å². The van der Waals surface area contributed by atoms with Crippen LogP contribution in [0.4, 0.5) is 0 Å². The molecule has 1 heterocycles. The zero-order valence-corrected chi connectivity index (χ0v) is 13.1. The van der Waals surface area contributed by atoms with E-state index in [0.717, 1.165) is 36.3 Å². The standard InChI is InChI=1S/C19H21NO2/c1-3-14-8-11-20-16(12-14)13-18(21)19(9-10-19)15-4-6-17(22-2)7-5-15/h4-8,11-12H,3,9-10,13H2,1-2H3. The fraction of sp³-hybridized carbons (Fsp3) is 0.368. The summed E-state index contributed by atoms with van der Waals surface area (Å²) in [4.78, 5) is 17.1. The highest BCUT2D eigenvalue weighted by Crippen LogP contribution is 2.49. The van der Waals surface area contributed by atoms with Crippen LogP contribution in [-0.4, -0.2) is 17.9 Å². The molecule has 0 N–H and O–H groups in total. The molecule has 1 aromatic carbocycles. The number of nitrogens with zero attached hydrogens (tertiary/aromatic N) is 1. The molecule has 0 saturated heterocycles. The van der Waals surface area contributed by atoms with Crippen LogP contribution in [0.3, 0.4) is 0 Å². The van der Waals surface area contributed by atoms with Crippen molar-refractivity contribution in [3.63, 3.8) is 0 Å². The van der Waals surface area contributed by atoms with Gasteiger partial charge in [0.25, 0.3) is 0 Å². The molecule has 0 spiro atoms. The van der Waals surface area contributed by atoms with Crippen LogP contribution in [0, 0.1) is 0 Å². The van der Waals surface area contributed by atoms with Crippen LogP contribution in [0.1, 0.15) is 36.6 Å². The number of ether oxygens (including phenoxy) is 1. The molecule has 1 aliphatic carbocycles. The van der Waals surface area contributed by atoms with Gasteiger partial charge >= 0.3 is 0 Å². The fourth-order valence-electron chi connectivity index (χ4n) is 2.94. The Labute approximate surface area is 131 Å². The van der Waals surface area contributed by atoms with Crippen LogP contribution in [0.2, 0.25) is 0 Å². The summed E-state index contributed by atoms with van der Waals surface area (Å²) in [7, 11) is 1.65. The van der Waals surface area contributed by atoms with Crippen LogP contribution in [-0.2, 0) is 23.1 Å². The SMILES string of the molecule is CCc1ccnc(CC(=O)C2(c3ccc(OC)cc3)CC2)c1. The first-order valence-electron chi connectivity index (χ1n) is 7.79. The van der Waals surface area contributed by atoms with Crippen molar-refractivity contribution in [3.05, 3.63) is 59.4 Å². The molecule has 22 heavy (non-hydrogen) atoms. The number of hydrogen-bond acceptors (Lipinski definition) is 3. The van der Waals surface area contributed by atoms with Gasteiger partial charge in [-0.1, -0.05) is 19.1 Å². The van der Waals surface area contributed by atoms with Gasteiger partial charge in [0.2, 0.25) is 0 Å². The summed E-state index contributed by atoms with van der Waals surface area (Å²) < 4.78 is 5.19. The van der Waals surface area contributed by atoms with Gasteiger partial charge in [0.1, 0.15) is 11.5 Å². The third-order valence-corrected chi connectivity index (χ3v) is 4.56. The number of ketones is 1. The van der Waals surface area contributed by atoms with Gasteiger partial charge < -0.3 is 4.74 Å². The fourth-order valence-corrected chi connectivity index (χ4v) is 2.94. The average molecular weight is 295 g/mol. The topological polar surface area (TPSA) is 39.2 Å². The van der Waals surface area contributed by atoms with Gasteiger partial charge in [-0.2, -0.15) is 0 Å². The van der Waals surface area contributed by atoms with E-state index in [4.69, 9.17) is 4.74 Å². The van der Waals surface area contributed by atoms with E-state index in [1.165, 1.54) is 5.56 Å². The number of aromatic nitrogens is 1. The van der Waals surface area contributed by atoms with Gasteiger partial charge in [-0.3, -0.25) is 9.78 Å². The minimum absolute atomic E-state index is 0.276. The Morgan fingerprint density at radius 2 is 1.95 bits per heavy atom. The second kappa shape index (κ2) is 5.91.